The maximum absolute atomic E-state index is 14.0. The number of para-hydroxylation sites is 1. The van der Waals surface area contributed by atoms with Crippen LogP contribution in [-0.4, -0.2) is 63.2 Å². The first-order valence-electron chi connectivity index (χ1n) is 12.4. The normalized spacial score (nSPS) is 18.9. The lowest BCUT2D eigenvalue weighted by Gasteiger charge is -2.42. The summed E-state index contributed by atoms with van der Waals surface area (Å²) in [6.07, 6.45) is 5.34. The second-order valence-corrected chi connectivity index (χ2v) is 10.1. The highest BCUT2D eigenvalue weighted by molar-refractivity contribution is 7.80. The number of likely N-dealkylation sites (tertiary alicyclic amines) is 2. The van der Waals surface area contributed by atoms with Gasteiger partial charge in [-0.3, -0.25) is 9.69 Å². The van der Waals surface area contributed by atoms with E-state index in [2.05, 4.69) is 39.6 Å². The summed E-state index contributed by atoms with van der Waals surface area (Å²) >= 11 is 5.44. The molecule has 3 aromatic rings. The largest absolute Gasteiger partial charge is 0.480 e. The third-order valence-electron chi connectivity index (χ3n) is 7.68. The summed E-state index contributed by atoms with van der Waals surface area (Å²) in [5, 5.41) is 14.6. The standard InChI is InChI=1S/C27H30F2N4O2S/c28-19-5-6-24(22(29)15-19)31-27(36)33-13-9-18(10-14-33)25(26(34)35)32-11-7-17(8-12-32)21-16-30-23-4-2-1-3-20(21)23/h1-6,15-18,25,30H,7-14H2,(H,31,36)(H,34,35). The number of nitrogens with one attached hydrogen (secondary N) is 2. The van der Waals surface area contributed by atoms with E-state index in [-0.39, 0.29) is 11.6 Å². The molecule has 2 aliphatic rings. The summed E-state index contributed by atoms with van der Waals surface area (Å²) in [5.41, 5.74) is 2.59. The molecule has 5 rings (SSSR count). The van der Waals surface area contributed by atoms with Crippen LogP contribution in [0.1, 0.15) is 37.2 Å². The number of carboxylic acid groups (broad SMARTS) is 1. The Morgan fingerprint density at radius 3 is 2.47 bits per heavy atom. The molecule has 190 valence electrons. The first-order valence-corrected chi connectivity index (χ1v) is 12.9. The summed E-state index contributed by atoms with van der Waals surface area (Å²) < 4.78 is 27.1. The number of carbonyl (C=O) groups is 1. The van der Waals surface area contributed by atoms with Crippen molar-refractivity contribution in [3.05, 3.63) is 65.9 Å². The number of thiocarbonyl (C=S) groups is 1. The van der Waals surface area contributed by atoms with Crippen molar-refractivity contribution in [2.24, 2.45) is 5.92 Å². The summed E-state index contributed by atoms with van der Waals surface area (Å²) in [7, 11) is 0. The lowest BCUT2D eigenvalue weighted by molar-refractivity contribution is -0.146. The molecule has 2 fully saturated rings. The number of rotatable bonds is 5. The smallest absolute Gasteiger partial charge is 0.321 e. The van der Waals surface area contributed by atoms with Gasteiger partial charge in [-0.1, -0.05) is 18.2 Å². The number of fused-ring (bicyclic) bond motifs is 1. The topological polar surface area (TPSA) is 71.6 Å². The van der Waals surface area contributed by atoms with Crippen LogP contribution in [0.5, 0.6) is 0 Å². The second-order valence-electron chi connectivity index (χ2n) is 9.76. The van der Waals surface area contributed by atoms with E-state index in [1.54, 1.807) is 0 Å². The fraction of sp³-hybridized carbons (Fsp3) is 0.407. The first-order chi connectivity index (χ1) is 17.4. The number of nitrogens with zero attached hydrogens (tertiary/aromatic N) is 2. The maximum Gasteiger partial charge on any atom is 0.321 e. The fourth-order valence-electron chi connectivity index (χ4n) is 5.78. The number of H-pyrrole nitrogens is 1. The zero-order valence-corrected chi connectivity index (χ0v) is 20.7. The minimum absolute atomic E-state index is 0.0220. The molecule has 0 saturated carbocycles. The molecule has 0 bridgehead atoms. The first kappa shape index (κ1) is 24.6. The zero-order chi connectivity index (χ0) is 25.2. The van der Waals surface area contributed by atoms with E-state index in [1.807, 2.05) is 11.0 Å². The Labute approximate surface area is 214 Å². The van der Waals surface area contributed by atoms with Crippen LogP contribution in [0.4, 0.5) is 14.5 Å². The van der Waals surface area contributed by atoms with Crippen molar-refractivity contribution >= 4 is 39.9 Å². The van der Waals surface area contributed by atoms with Crippen molar-refractivity contribution in [3.8, 4) is 0 Å². The molecular weight excluding hydrogens is 482 g/mol. The van der Waals surface area contributed by atoms with Crippen molar-refractivity contribution in [2.75, 3.05) is 31.5 Å². The minimum atomic E-state index is -0.770. The molecule has 1 unspecified atom stereocenters. The molecular formula is C27H30F2N4O2S. The maximum atomic E-state index is 14.0. The van der Waals surface area contributed by atoms with Gasteiger partial charge in [-0.25, -0.2) is 8.78 Å². The number of hydrogen-bond acceptors (Lipinski definition) is 3. The summed E-state index contributed by atoms with van der Waals surface area (Å²) in [6.45, 7) is 2.69. The van der Waals surface area contributed by atoms with Crippen molar-refractivity contribution in [1.82, 2.24) is 14.8 Å². The molecule has 6 nitrogen and oxygen atoms in total. The van der Waals surface area contributed by atoms with E-state index < -0.39 is 23.6 Å². The molecule has 0 spiro atoms. The second kappa shape index (κ2) is 10.5. The molecule has 0 aliphatic carbocycles. The van der Waals surface area contributed by atoms with Crippen LogP contribution in [0.25, 0.3) is 10.9 Å². The lowest BCUT2D eigenvalue weighted by atomic mass is 9.84. The van der Waals surface area contributed by atoms with Gasteiger partial charge < -0.3 is 20.3 Å². The van der Waals surface area contributed by atoms with Crippen LogP contribution in [0, 0.1) is 17.6 Å². The van der Waals surface area contributed by atoms with Gasteiger partial charge in [0.15, 0.2) is 5.11 Å². The molecule has 3 heterocycles. The monoisotopic (exact) mass is 512 g/mol. The number of aromatic nitrogens is 1. The fourth-order valence-corrected chi connectivity index (χ4v) is 6.07. The number of hydrogen-bond donors (Lipinski definition) is 3. The van der Waals surface area contributed by atoms with Crippen molar-refractivity contribution in [3.63, 3.8) is 0 Å². The Morgan fingerprint density at radius 1 is 1.06 bits per heavy atom. The molecule has 0 radical (unpaired) electrons. The predicted molar refractivity (Wildman–Crippen MR) is 140 cm³/mol. The van der Waals surface area contributed by atoms with Gasteiger partial charge >= 0.3 is 5.97 Å². The van der Waals surface area contributed by atoms with Gasteiger partial charge in [-0.05, 0) is 86.6 Å². The third-order valence-corrected chi connectivity index (χ3v) is 8.04. The summed E-state index contributed by atoms with van der Waals surface area (Å²) in [6, 6.07) is 11.1. The summed E-state index contributed by atoms with van der Waals surface area (Å²) in [4.78, 5) is 19.8. The molecule has 2 saturated heterocycles. The molecule has 9 heteroatoms. The van der Waals surface area contributed by atoms with Gasteiger partial charge in [0.2, 0.25) is 0 Å². The zero-order valence-electron chi connectivity index (χ0n) is 19.9. The van der Waals surface area contributed by atoms with Crippen LogP contribution < -0.4 is 5.32 Å². The van der Waals surface area contributed by atoms with E-state index >= 15 is 0 Å². The van der Waals surface area contributed by atoms with Crippen LogP contribution in [0.3, 0.4) is 0 Å². The molecule has 3 N–H and O–H groups in total. The van der Waals surface area contributed by atoms with Crippen LogP contribution in [0.15, 0.2) is 48.7 Å². The van der Waals surface area contributed by atoms with Gasteiger partial charge in [0.25, 0.3) is 0 Å². The Morgan fingerprint density at radius 2 is 1.78 bits per heavy atom. The van der Waals surface area contributed by atoms with Gasteiger partial charge in [0.1, 0.15) is 17.7 Å². The number of benzene rings is 2. The molecule has 1 aromatic heterocycles. The van der Waals surface area contributed by atoms with E-state index in [9.17, 15) is 18.7 Å². The Balaban J connectivity index is 1.17. The number of carboxylic acids is 1. The highest BCUT2D eigenvalue weighted by Gasteiger charge is 2.38. The SMILES string of the molecule is O=C(O)C(C1CCN(C(=S)Nc2ccc(F)cc2F)CC1)N1CCC(c2c[nH]c3ccccc23)CC1. The van der Waals surface area contributed by atoms with Gasteiger partial charge in [0.05, 0.1) is 5.69 Å². The molecule has 36 heavy (non-hydrogen) atoms. The van der Waals surface area contributed by atoms with Crippen molar-refractivity contribution < 1.29 is 18.7 Å². The Bertz CT molecular complexity index is 1250. The lowest BCUT2D eigenvalue weighted by Crippen LogP contribution is -2.52. The van der Waals surface area contributed by atoms with Gasteiger partial charge in [0, 0.05) is 36.3 Å². The third kappa shape index (κ3) is 5.08. The number of anilines is 1. The van der Waals surface area contributed by atoms with Crippen molar-refractivity contribution in [1.29, 1.82) is 0 Å². The Kier molecular flexibility index (Phi) is 7.20. The van der Waals surface area contributed by atoms with Crippen molar-refractivity contribution in [2.45, 2.75) is 37.6 Å². The van der Waals surface area contributed by atoms with E-state index in [1.165, 1.54) is 23.1 Å². The average Bonchev–Trinajstić information content (AvgIpc) is 3.31. The van der Waals surface area contributed by atoms with Gasteiger partial charge in [-0.2, -0.15) is 0 Å². The average molecular weight is 513 g/mol. The summed E-state index contributed by atoms with van der Waals surface area (Å²) in [5.74, 6) is -1.67. The minimum Gasteiger partial charge on any atom is -0.480 e. The highest BCUT2D eigenvalue weighted by atomic mass is 32.1. The predicted octanol–water partition coefficient (Wildman–Crippen LogP) is 5.19. The highest BCUT2D eigenvalue weighted by Crippen LogP contribution is 2.35. The molecule has 2 aliphatic heterocycles. The molecule has 0 amide bonds. The van der Waals surface area contributed by atoms with Gasteiger partial charge in [-0.15, -0.1) is 0 Å². The number of aromatic amines is 1. The molecule has 2 aromatic carbocycles. The van der Waals surface area contributed by atoms with E-state index in [0.717, 1.165) is 37.5 Å². The van der Waals surface area contributed by atoms with Crippen LogP contribution in [0.2, 0.25) is 0 Å². The number of aliphatic carboxylic acids is 1. The quantitative estimate of drug-likeness (QED) is 0.409. The van der Waals surface area contributed by atoms with E-state index in [0.29, 0.717) is 37.0 Å². The molecule has 1 atom stereocenters. The Hall–Kier alpha value is -3.04. The van der Waals surface area contributed by atoms with Crippen LogP contribution >= 0.6 is 12.2 Å². The van der Waals surface area contributed by atoms with E-state index in [4.69, 9.17) is 12.2 Å². The van der Waals surface area contributed by atoms with Crippen LogP contribution in [-0.2, 0) is 4.79 Å². The number of halogens is 2. The number of piperidine rings is 2.